The monoisotopic (exact) mass is 476 g/mol. The maximum Gasteiger partial charge on any atom is 0.255 e. The zero-order valence-corrected chi connectivity index (χ0v) is 18.6. The molecule has 1 heterocycles. The van der Waals surface area contributed by atoms with E-state index < -0.39 is 15.6 Å². The van der Waals surface area contributed by atoms with Crippen molar-refractivity contribution in [3.8, 4) is 5.69 Å². The molecule has 0 aliphatic carbocycles. The van der Waals surface area contributed by atoms with Crippen molar-refractivity contribution in [2.45, 2.75) is 31.2 Å². The Morgan fingerprint density at radius 2 is 1.72 bits per heavy atom. The van der Waals surface area contributed by atoms with E-state index in [1.54, 1.807) is 43.9 Å². The summed E-state index contributed by atoms with van der Waals surface area (Å²) in [5.41, 5.74) is 1.04. The van der Waals surface area contributed by atoms with Crippen molar-refractivity contribution >= 4 is 37.5 Å². The normalized spacial score (nSPS) is 12.0. The minimum Gasteiger partial charge on any atom is -0.320 e. The first-order valence-corrected chi connectivity index (χ1v) is 11.1. The summed E-state index contributed by atoms with van der Waals surface area (Å²) < 4.78 is 29.8. The highest BCUT2D eigenvalue weighted by Gasteiger charge is 2.22. The summed E-state index contributed by atoms with van der Waals surface area (Å²) in [5.74, 6) is -0.351. The number of hydrogen-bond acceptors (Lipinski definition) is 4. The smallest absolute Gasteiger partial charge is 0.255 e. The van der Waals surface area contributed by atoms with Crippen molar-refractivity contribution in [3.05, 3.63) is 71.0 Å². The van der Waals surface area contributed by atoms with Gasteiger partial charge in [-0.25, -0.2) is 17.8 Å². The number of anilines is 1. The molecule has 0 saturated carbocycles. The molecule has 9 heteroatoms. The highest BCUT2D eigenvalue weighted by Crippen LogP contribution is 2.22. The van der Waals surface area contributed by atoms with Crippen LogP contribution in [0.15, 0.2) is 70.3 Å². The molecule has 3 rings (SSSR count). The molecule has 0 saturated heterocycles. The summed E-state index contributed by atoms with van der Waals surface area (Å²) in [5, 5.41) is 7.09. The number of para-hydroxylation sites is 2. The van der Waals surface area contributed by atoms with Crippen LogP contribution in [0.1, 0.15) is 31.1 Å². The molecule has 1 amide bonds. The Bertz CT molecular complexity index is 1130. The molecule has 29 heavy (non-hydrogen) atoms. The number of hydrogen-bond donors (Lipinski definition) is 2. The van der Waals surface area contributed by atoms with E-state index in [4.69, 9.17) is 0 Å². The van der Waals surface area contributed by atoms with Crippen molar-refractivity contribution in [2.75, 3.05) is 5.32 Å². The van der Waals surface area contributed by atoms with Gasteiger partial charge < -0.3 is 5.32 Å². The minimum absolute atomic E-state index is 0.103. The van der Waals surface area contributed by atoms with Gasteiger partial charge in [-0.1, -0.05) is 12.1 Å². The second kappa shape index (κ2) is 8.10. The van der Waals surface area contributed by atoms with Gasteiger partial charge in [-0.05, 0) is 73.1 Å². The number of carbonyl (C=O) groups excluding carboxylic acids is 1. The molecule has 0 unspecified atom stereocenters. The van der Waals surface area contributed by atoms with Crippen LogP contribution >= 0.6 is 15.9 Å². The lowest BCUT2D eigenvalue weighted by atomic mass is 10.1. The fraction of sp³-hybridized carbons (Fsp3) is 0.200. The van der Waals surface area contributed by atoms with Gasteiger partial charge in [-0.3, -0.25) is 4.79 Å². The number of rotatable bonds is 5. The van der Waals surface area contributed by atoms with Crippen molar-refractivity contribution in [2.24, 2.45) is 0 Å². The highest BCUT2D eigenvalue weighted by molar-refractivity contribution is 9.10. The number of sulfonamides is 1. The maximum absolute atomic E-state index is 12.7. The van der Waals surface area contributed by atoms with E-state index in [0.29, 0.717) is 16.9 Å². The van der Waals surface area contributed by atoms with E-state index in [9.17, 15) is 13.2 Å². The zero-order chi connectivity index (χ0) is 21.2. The molecule has 0 fully saturated rings. The van der Waals surface area contributed by atoms with Crippen LogP contribution in [0.2, 0.25) is 0 Å². The highest BCUT2D eigenvalue weighted by atomic mass is 79.9. The fourth-order valence-corrected chi connectivity index (χ4v) is 4.36. The molecule has 3 aromatic rings. The molecule has 152 valence electrons. The van der Waals surface area contributed by atoms with Crippen molar-refractivity contribution in [3.63, 3.8) is 0 Å². The third-order valence-corrected chi connectivity index (χ3v) is 6.00. The third-order valence-electron chi connectivity index (χ3n) is 3.82. The Kier molecular flexibility index (Phi) is 5.92. The van der Waals surface area contributed by atoms with E-state index in [0.717, 1.165) is 4.47 Å². The third kappa shape index (κ3) is 5.31. The van der Waals surface area contributed by atoms with Crippen LogP contribution < -0.4 is 10.0 Å². The first kappa shape index (κ1) is 21.2. The van der Waals surface area contributed by atoms with Crippen LogP contribution in [0.4, 0.5) is 5.69 Å². The van der Waals surface area contributed by atoms with Gasteiger partial charge in [0, 0.05) is 17.3 Å². The van der Waals surface area contributed by atoms with E-state index in [1.807, 2.05) is 18.2 Å². The van der Waals surface area contributed by atoms with Crippen LogP contribution in [0, 0.1) is 0 Å². The van der Waals surface area contributed by atoms with Gasteiger partial charge in [-0.15, -0.1) is 0 Å². The largest absolute Gasteiger partial charge is 0.320 e. The Morgan fingerprint density at radius 3 is 2.31 bits per heavy atom. The van der Waals surface area contributed by atoms with Gasteiger partial charge in [-0.2, -0.15) is 5.10 Å². The predicted molar refractivity (Wildman–Crippen MR) is 116 cm³/mol. The molecule has 2 N–H and O–H groups in total. The summed E-state index contributed by atoms with van der Waals surface area (Å²) in [4.78, 5) is 12.8. The molecule has 0 spiro atoms. The maximum atomic E-state index is 12.7. The molecule has 0 aliphatic heterocycles. The molecule has 1 aromatic heterocycles. The Hall–Kier alpha value is -2.49. The Labute approximate surface area is 178 Å². The fourth-order valence-electron chi connectivity index (χ4n) is 2.65. The molecule has 0 aliphatic rings. The first-order valence-electron chi connectivity index (χ1n) is 8.80. The average Bonchev–Trinajstić information content (AvgIpc) is 3.06. The van der Waals surface area contributed by atoms with E-state index >= 15 is 0 Å². The van der Waals surface area contributed by atoms with Gasteiger partial charge >= 0.3 is 0 Å². The van der Waals surface area contributed by atoms with Crippen molar-refractivity contribution in [1.29, 1.82) is 0 Å². The molecular formula is C20H21BrN4O3S. The summed E-state index contributed by atoms with van der Waals surface area (Å²) >= 11 is 3.36. The lowest BCUT2D eigenvalue weighted by molar-refractivity contribution is 0.102. The number of benzene rings is 2. The first-order chi connectivity index (χ1) is 13.5. The van der Waals surface area contributed by atoms with Crippen LogP contribution in [0.5, 0.6) is 0 Å². The number of nitrogens with zero attached hydrogens (tertiary/aromatic N) is 2. The lowest BCUT2D eigenvalue weighted by Crippen LogP contribution is -2.40. The Morgan fingerprint density at radius 1 is 1.07 bits per heavy atom. The molecule has 0 atom stereocenters. The Balaban J connectivity index is 1.81. The molecular weight excluding hydrogens is 456 g/mol. The minimum atomic E-state index is -3.66. The summed E-state index contributed by atoms with van der Waals surface area (Å²) in [6, 6.07) is 13.1. The van der Waals surface area contributed by atoms with Crippen LogP contribution in [0.25, 0.3) is 5.69 Å². The van der Waals surface area contributed by atoms with E-state index in [-0.39, 0.29) is 10.8 Å². The SMILES string of the molecule is CC(C)(C)NS(=O)(=O)c1ccc(C(=O)Nc2ccccc2-n2cc(Br)cn2)cc1. The molecule has 0 bridgehead atoms. The molecule has 0 radical (unpaired) electrons. The summed E-state index contributed by atoms with van der Waals surface area (Å²) in [7, 11) is -3.66. The zero-order valence-electron chi connectivity index (χ0n) is 16.2. The quantitative estimate of drug-likeness (QED) is 0.582. The van der Waals surface area contributed by atoms with Crippen molar-refractivity contribution in [1.82, 2.24) is 14.5 Å². The molecule has 7 nitrogen and oxygen atoms in total. The number of amides is 1. The van der Waals surface area contributed by atoms with Crippen molar-refractivity contribution < 1.29 is 13.2 Å². The summed E-state index contributed by atoms with van der Waals surface area (Å²) in [6.07, 6.45) is 3.44. The predicted octanol–water partition coefficient (Wildman–Crippen LogP) is 3.96. The standard InChI is InChI=1S/C20H21BrN4O3S/c1-20(2,3)24-29(27,28)16-10-8-14(9-11-16)19(26)23-17-6-4-5-7-18(17)25-13-15(21)12-22-25/h4-13,24H,1-3H3,(H,23,26). The van der Waals surface area contributed by atoms with E-state index in [1.165, 1.54) is 24.3 Å². The number of nitrogens with one attached hydrogen (secondary N) is 2. The van der Waals surface area contributed by atoms with Gasteiger partial charge in [0.1, 0.15) is 0 Å². The average molecular weight is 477 g/mol. The van der Waals surface area contributed by atoms with Crippen LogP contribution in [-0.4, -0.2) is 29.6 Å². The van der Waals surface area contributed by atoms with Gasteiger partial charge in [0.05, 0.1) is 26.9 Å². The second-order valence-corrected chi connectivity index (χ2v) is 10.1. The number of aromatic nitrogens is 2. The summed E-state index contributed by atoms with van der Waals surface area (Å²) in [6.45, 7) is 5.30. The van der Waals surface area contributed by atoms with Gasteiger partial charge in [0.2, 0.25) is 10.0 Å². The number of carbonyl (C=O) groups is 1. The second-order valence-electron chi connectivity index (χ2n) is 7.45. The topological polar surface area (TPSA) is 93.1 Å². The molecule has 2 aromatic carbocycles. The lowest BCUT2D eigenvalue weighted by Gasteiger charge is -2.20. The van der Waals surface area contributed by atoms with Crippen LogP contribution in [-0.2, 0) is 10.0 Å². The van der Waals surface area contributed by atoms with E-state index in [2.05, 4.69) is 31.1 Å². The van der Waals surface area contributed by atoms with Crippen LogP contribution in [0.3, 0.4) is 0 Å². The van der Waals surface area contributed by atoms with Gasteiger partial charge in [0.25, 0.3) is 5.91 Å². The van der Waals surface area contributed by atoms with Gasteiger partial charge in [0.15, 0.2) is 0 Å². The number of halogens is 1.